The molecule has 0 aliphatic carbocycles. The van der Waals surface area contributed by atoms with Crippen LogP contribution < -0.4 is 5.32 Å². The summed E-state index contributed by atoms with van der Waals surface area (Å²) in [7, 11) is 0. The monoisotopic (exact) mass is 260 g/mol. The molecule has 2 unspecified atom stereocenters. The lowest BCUT2D eigenvalue weighted by Gasteiger charge is -2.37. The lowest BCUT2D eigenvalue weighted by molar-refractivity contribution is -0.138. The van der Waals surface area contributed by atoms with Crippen LogP contribution >= 0.6 is 0 Å². The van der Waals surface area contributed by atoms with Crippen molar-refractivity contribution >= 4 is 5.91 Å². The maximum Gasteiger partial charge on any atom is 0.240 e. The molecule has 1 fully saturated rings. The summed E-state index contributed by atoms with van der Waals surface area (Å²) in [5, 5.41) is 3.37. The van der Waals surface area contributed by atoms with Crippen molar-refractivity contribution in [3.63, 3.8) is 0 Å². The van der Waals surface area contributed by atoms with Crippen LogP contribution in [-0.4, -0.2) is 29.9 Å². The van der Waals surface area contributed by atoms with Crippen molar-refractivity contribution in [3.8, 4) is 0 Å². The molecule has 1 N–H and O–H groups in total. The van der Waals surface area contributed by atoms with Crippen LogP contribution in [0.1, 0.15) is 44.7 Å². The zero-order valence-electron chi connectivity index (χ0n) is 11.9. The first-order valence-corrected chi connectivity index (χ1v) is 7.33. The lowest BCUT2D eigenvalue weighted by Crippen LogP contribution is -2.51. The van der Waals surface area contributed by atoms with E-state index < -0.39 is 0 Å². The zero-order chi connectivity index (χ0) is 13.7. The molecular weight excluding hydrogens is 236 g/mol. The van der Waals surface area contributed by atoms with Crippen molar-refractivity contribution in [1.82, 2.24) is 10.2 Å². The quantitative estimate of drug-likeness (QED) is 0.883. The van der Waals surface area contributed by atoms with Gasteiger partial charge in [-0.1, -0.05) is 37.3 Å². The predicted molar refractivity (Wildman–Crippen MR) is 77.9 cm³/mol. The minimum Gasteiger partial charge on any atom is -0.335 e. The van der Waals surface area contributed by atoms with Crippen LogP contribution in [0, 0.1) is 0 Å². The van der Waals surface area contributed by atoms with E-state index >= 15 is 0 Å². The molecule has 1 aliphatic rings. The van der Waals surface area contributed by atoms with Gasteiger partial charge in [-0.2, -0.15) is 0 Å². The van der Waals surface area contributed by atoms with Gasteiger partial charge in [0.1, 0.15) is 0 Å². The molecular formula is C16H24N2O. The number of carbonyl (C=O) groups excluding carboxylic acids is 1. The van der Waals surface area contributed by atoms with Crippen LogP contribution in [0.2, 0.25) is 0 Å². The molecule has 1 saturated heterocycles. The maximum atomic E-state index is 12.5. The van der Waals surface area contributed by atoms with Gasteiger partial charge in [-0.3, -0.25) is 4.79 Å². The van der Waals surface area contributed by atoms with Crippen molar-refractivity contribution < 1.29 is 4.79 Å². The highest BCUT2D eigenvalue weighted by Gasteiger charge is 2.31. The van der Waals surface area contributed by atoms with E-state index in [1.165, 1.54) is 5.56 Å². The molecule has 0 saturated carbocycles. The van der Waals surface area contributed by atoms with Gasteiger partial charge in [-0.05, 0) is 38.3 Å². The van der Waals surface area contributed by atoms with Gasteiger partial charge in [0.05, 0.1) is 12.1 Å². The molecule has 104 valence electrons. The highest BCUT2D eigenvalue weighted by Crippen LogP contribution is 2.24. The van der Waals surface area contributed by atoms with E-state index in [1.54, 1.807) is 0 Å². The minimum atomic E-state index is 0.0138. The highest BCUT2D eigenvalue weighted by molar-refractivity contribution is 5.83. The van der Waals surface area contributed by atoms with Gasteiger partial charge in [0, 0.05) is 6.54 Å². The molecule has 0 radical (unpaired) electrons. The average Bonchev–Trinajstić information content (AvgIpc) is 2.46. The van der Waals surface area contributed by atoms with Crippen molar-refractivity contribution in [2.45, 2.75) is 45.2 Å². The summed E-state index contributed by atoms with van der Waals surface area (Å²) in [5.41, 5.74) is 1.21. The Hall–Kier alpha value is -1.35. The number of amides is 1. The largest absolute Gasteiger partial charge is 0.335 e. The van der Waals surface area contributed by atoms with Crippen molar-refractivity contribution in [1.29, 1.82) is 0 Å². The topological polar surface area (TPSA) is 32.3 Å². The van der Waals surface area contributed by atoms with E-state index in [9.17, 15) is 4.79 Å². The molecule has 1 amide bonds. The van der Waals surface area contributed by atoms with Crippen LogP contribution in [0.3, 0.4) is 0 Å². The summed E-state index contributed by atoms with van der Waals surface area (Å²) >= 11 is 0. The number of benzene rings is 1. The Morgan fingerprint density at radius 2 is 2.11 bits per heavy atom. The summed E-state index contributed by atoms with van der Waals surface area (Å²) in [4.78, 5) is 14.5. The Labute approximate surface area is 116 Å². The molecule has 2 atom stereocenters. The number of hydrogen-bond acceptors (Lipinski definition) is 2. The van der Waals surface area contributed by atoms with E-state index in [4.69, 9.17) is 0 Å². The molecule has 1 aromatic rings. The van der Waals surface area contributed by atoms with E-state index in [1.807, 2.05) is 23.1 Å². The number of likely N-dealkylation sites (tertiary alicyclic amines) is 1. The van der Waals surface area contributed by atoms with Gasteiger partial charge < -0.3 is 10.2 Å². The third-order valence-corrected chi connectivity index (χ3v) is 3.86. The van der Waals surface area contributed by atoms with Crippen LogP contribution in [0.15, 0.2) is 30.3 Å². The predicted octanol–water partition coefficient (Wildman–Crippen LogP) is 2.74. The number of piperidine rings is 1. The van der Waals surface area contributed by atoms with E-state index in [2.05, 4.69) is 31.3 Å². The zero-order valence-corrected chi connectivity index (χ0v) is 11.9. The molecule has 1 aliphatic heterocycles. The van der Waals surface area contributed by atoms with Crippen molar-refractivity contribution in [2.75, 3.05) is 13.1 Å². The van der Waals surface area contributed by atoms with Crippen LogP contribution in [0.5, 0.6) is 0 Å². The number of hydrogen-bond donors (Lipinski definition) is 1. The molecule has 1 heterocycles. The van der Waals surface area contributed by atoms with Crippen LogP contribution in [-0.2, 0) is 4.79 Å². The number of rotatable bonds is 5. The molecule has 3 nitrogen and oxygen atoms in total. The van der Waals surface area contributed by atoms with Gasteiger partial charge >= 0.3 is 0 Å². The number of carbonyl (C=O) groups is 1. The first kappa shape index (κ1) is 14.1. The summed E-state index contributed by atoms with van der Waals surface area (Å²) in [6.07, 6.45) is 3.12. The molecule has 19 heavy (non-hydrogen) atoms. The van der Waals surface area contributed by atoms with Crippen molar-refractivity contribution in [3.05, 3.63) is 35.9 Å². The summed E-state index contributed by atoms with van der Waals surface area (Å²) in [6.45, 7) is 6.04. The van der Waals surface area contributed by atoms with Crippen molar-refractivity contribution in [2.24, 2.45) is 0 Å². The second-order valence-electron chi connectivity index (χ2n) is 5.27. The van der Waals surface area contributed by atoms with Crippen LogP contribution in [0.4, 0.5) is 0 Å². The number of nitrogens with one attached hydrogen (secondary N) is 1. The first-order valence-electron chi connectivity index (χ1n) is 7.33. The standard InChI is InChI=1S/C16H24N2O/c1-3-11-17-15-10-7-12-18(16(15)19)13(2)14-8-5-4-6-9-14/h4-6,8-9,13,15,17H,3,7,10-12H2,1-2H3. The second-order valence-corrected chi connectivity index (χ2v) is 5.27. The number of nitrogens with zero attached hydrogens (tertiary/aromatic N) is 1. The fourth-order valence-corrected chi connectivity index (χ4v) is 2.70. The summed E-state index contributed by atoms with van der Waals surface area (Å²) in [6, 6.07) is 10.5. The van der Waals surface area contributed by atoms with E-state index in [-0.39, 0.29) is 18.0 Å². The Balaban J connectivity index is 2.05. The molecule has 0 aromatic heterocycles. The second kappa shape index (κ2) is 6.71. The normalized spacial score (nSPS) is 21.5. The Morgan fingerprint density at radius 3 is 2.79 bits per heavy atom. The fraction of sp³-hybridized carbons (Fsp3) is 0.562. The summed E-state index contributed by atoms with van der Waals surface area (Å²) in [5.74, 6) is 0.260. The fourth-order valence-electron chi connectivity index (χ4n) is 2.70. The molecule has 2 rings (SSSR count). The average molecular weight is 260 g/mol. The molecule has 1 aromatic carbocycles. The van der Waals surface area contributed by atoms with Gasteiger partial charge in [0.15, 0.2) is 0 Å². The Bertz CT molecular complexity index is 404. The van der Waals surface area contributed by atoms with Gasteiger partial charge in [-0.25, -0.2) is 0 Å². The smallest absolute Gasteiger partial charge is 0.240 e. The lowest BCUT2D eigenvalue weighted by atomic mass is 9.99. The molecule has 0 spiro atoms. The third-order valence-electron chi connectivity index (χ3n) is 3.86. The van der Waals surface area contributed by atoms with Crippen LogP contribution in [0.25, 0.3) is 0 Å². The SMILES string of the molecule is CCCNC1CCCN(C(C)c2ccccc2)C1=O. The minimum absolute atomic E-state index is 0.0138. The highest BCUT2D eigenvalue weighted by atomic mass is 16.2. The van der Waals surface area contributed by atoms with Gasteiger partial charge in [0.25, 0.3) is 0 Å². The molecule has 3 heteroatoms. The first-order chi connectivity index (χ1) is 9.24. The third kappa shape index (κ3) is 3.35. The summed E-state index contributed by atoms with van der Waals surface area (Å²) < 4.78 is 0. The maximum absolute atomic E-state index is 12.5. The Kier molecular flexibility index (Phi) is 4.97. The van der Waals surface area contributed by atoms with E-state index in [0.29, 0.717) is 0 Å². The van der Waals surface area contributed by atoms with Gasteiger partial charge in [-0.15, -0.1) is 0 Å². The molecule has 0 bridgehead atoms. The van der Waals surface area contributed by atoms with Gasteiger partial charge in [0.2, 0.25) is 5.91 Å². The Morgan fingerprint density at radius 1 is 1.37 bits per heavy atom. The van der Waals surface area contributed by atoms with E-state index in [0.717, 1.165) is 32.4 Å².